The molecule has 2 nitrogen and oxygen atoms in total. The Morgan fingerprint density at radius 2 is 1.75 bits per heavy atom. The van der Waals surface area contributed by atoms with Gasteiger partial charge in [-0.05, 0) is 48.3 Å². The van der Waals surface area contributed by atoms with E-state index in [1.165, 1.54) is 12.0 Å². The van der Waals surface area contributed by atoms with Gasteiger partial charge in [-0.1, -0.05) is 46.8 Å². The smallest absolute Gasteiger partial charge is 0.119 e. The van der Waals surface area contributed by atoms with Crippen molar-refractivity contribution in [3.8, 4) is 5.75 Å². The summed E-state index contributed by atoms with van der Waals surface area (Å²) in [6.07, 6.45) is 3.27. The number of ether oxygens (including phenoxy) is 1. The van der Waals surface area contributed by atoms with Crippen LogP contribution in [-0.4, -0.2) is 6.61 Å². The van der Waals surface area contributed by atoms with Gasteiger partial charge in [0.05, 0.1) is 6.61 Å². The SMILES string of the molecule is CCCOc1ccc(C(N)CC(C)CC(C)(C)C)cc1. The zero-order chi connectivity index (χ0) is 15.2. The maximum atomic E-state index is 6.32. The average molecular weight is 277 g/mol. The van der Waals surface area contributed by atoms with E-state index in [0.717, 1.165) is 25.2 Å². The summed E-state index contributed by atoms with van der Waals surface area (Å²) in [7, 11) is 0. The molecule has 0 aliphatic rings. The maximum Gasteiger partial charge on any atom is 0.119 e. The fraction of sp³-hybridized carbons (Fsp3) is 0.667. The molecule has 0 spiro atoms. The van der Waals surface area contributed by atoms with Crippen LogP contribution in [0.25, 0.3) is 0 Å². The minimum Gasteiger partial charge on any atom is -0.494 e. The average Bonchev–Trinajstić information content (AvgIpc) is 2.34. The second-order valence-corrected chi connectivity index (χ2v) is 7.13. The summed E-state index contributed by atoms with van der Waals surface area (Å²) in [5.74, 6) is 1.58. The van der Waals surface area contributed by atoms with Crippen molar-refractivity contribution >= 4 is 0 Å². The summed E-state index contributed by atoms with van der Waals surface area (Å²) in [6.45, 7) is 12.0. The lowest BCUT2D eigenvalue weighted by molar-refractivity contribution is 0.286. The monoisotopic (exact) mass is 277 g/mol. The first-order valence-corrected chi connectivity index (χ1v) is 7.80. The number of hydrogen-bond acceptors (Lipinski definition) is 2. The van der Waals surface area contributed by atoms with Gasteiger partial charge in [-0.25, -0.2) is 0 Å². The Kier molecular flexibility index (Phi) is 6.54. The van der Waals surface area contributed by atoms with Crippen molar-refractivity contribution in [2.45, 2.75) is 59.9 Å². The van der Waals surface area contributed by atoms with Gasteiger partial charge in [-0.3, -0.25) is 0 Å². The van der Waals surface area contributed by atoms with Crippen molar-refractivity contribution in [3.63, 3.8) is 0 Å². The van der Waals surface area contributed by atoms with Crippen LogP contribution in [0.15, 0.2) is 24.3 Å². The highest BCUT2D eigenvalue weighted by atomic mass is 16.5. The molecule has 2 N–H and O–H groups in total. The van der Waals surface area contributed by atoms with E-state index in [1.807, 2.05) is 12.1 Å². The van der Waals surface area contributed by atoms with Crippen LogP contribution in [0.5, 0.6) is 5.75 Å². The van der Waals surface area contributed by atoms with Crippen molar-refractivity contribution < 1.29 is 4.74 Å². The molecular formula is C18H31NO. The molecule has 114 valence electrons. The van der Waals surface area contributed by atoms with Gasteiger partial charge in [-0.2, -0.15) is 0 Å². The number of nitrogens with two attached hydrogens (primary N) is 1. The molecule has 2 unspecified atom stereocenters. The van der Waals surface area contributed by atoms with Gasteiger partial charge in [0.15, 0.2) is 0 Å². The molecule has 0 radical (unpaired) electrons. The summed E-state index contributed by atoms with van der Waals surface area (Å²) >= 11 is 0. The van der Waals surface area contributed by atoms with E-state index in [9.17, 15) is 0 Å². The molecular weight excluding hydrogens is 246 g/mol. The van der Waals surface area contributed by atoms with E-state index in [0.29, 0.717) is 11.3 Å². The highest BCUT2D eigenvalue weighted by Gasteiger charge is 2.18. The summed E-state index contributed by atoms with van der Waals surface area (Å²) < 4.78 is 5.60. The molecule has 2 atom stereocenters. The van der Waals surface area contributed by atoms with Gasteiger partial charge in [0, 0.05) is 6.04 Å². The van der Waals surface area contributed by atoms with Crippen LogP contribution in [0, 0.1) is 11.3 Å². The Morgan fingerprint density at radius 3 is 2.25 bits per heavy atom. The van der Waals surface area contributed by atoms with Crippen molar-refractivity contribution in [1.29, 1.82) is 0 Å². The van der Waals surface area contributed by atoms with Crippen LogP contribution >= 0.6 is 0 Å². The summed E-state index contributed by atoms with van der Waals surface area (Å²) in [6, 6.07) is 8.37. The zero-order valence-electron chi connectivity index (χ0n) is 13.8. The Morgan fingerprint density at radius 1 is 1.15 bits per heavy atom. The molecule has 0 amide bonds. The first-order valence-electron chi connectivity index (χ1n) is 7.80. The third-order valence-electron chi connectivity index (χ3n) is 3.40. The second-order valence-electron chi connectivity index (χ2n) is 7.13. The Bertz CT molecular complexity index is 377. The minimum atomic E-state index is 0.118. The molecule has 0 aliphatic carbocycles. The predicted molar refractivity (Wildman–Crippen MR) is 87.0 cm³/mol. The minimum absolute atomic E-state index is 0.118. The van der Waals surface area contributed by atoms with E-state index in [-0.39, 0.29) is 6.04 Å². The summed E-state index contributed by atoms with van der Waals surface area (Å²) in [5.41, 5.74) is 7.90. The third-order valence-corrected chi connectivity index (χ3v) is 3.40. The highest BCUT2D eigenvalue weighted by molar-refractivity contribution is 5.29. The first kappa shape index (κ1) is 17.0. The van der Waals surface area contributed by atoms with Gasteiger partial charge < -0.3 is 10.5 Å². The normalized spacial score (nSPS) is 14.9. The fourth-order valence-corrected chi connectivity index (χ4v) is 2.73. The maximum absolute atomic E-state index is 6.32. The molecule has 0 heterocycles. The van der Waals surface area contributed by atoms with E-state index in [2.05, 4.69) is 46.8 Å². The predicted octanol–water partition coefficient (Wildman–Crippen LogP) is 4.94. The van der Waals surface area contributed by atoms with Crippen LogP contribution in [-0.2, 0) is 0 Å². The summed E-state index contributed by atoms with van der Waals surface area (Å²) in [4.78, 5) is 0. The Labute approximate surface area is 124 Å². The lowest BCUT2D eigenvalue weighted by atomic mass is 9.82. The van der Waals surface area contributed by atoms with Crippen molar-refractivity contribution in [3.05, 3.63) is 29.8 Å². The lowest BCUT2D eigenvalue weighted by Gasteiger charge is -2.25. The quantitative estimate of drug-likeness (QED) is 0.766. The molecule has 0 aromatic heterocycles. The molecule has 20 heavy (non-hydrogen) atoms. The van der Waals surface area contributed by atoms with Gasteiger partial charge >= 0.3 is 0 Å². The molecule has 0 aliphatic heterocycles. The fourth-order valence-electron chi connectivity index (χ4n) is 2.73. The van der Waals surface area contributed by atoms with E-state index in [4.69, 9.17) is 10.5 Å². The van der Waals surface area contributed by atoms with E-state index >= 15 is 0 Å². The number of benzene rings is 1. The van der Waals surface area contributed by atoms with E-state index < -0.39 is 0 Å². The van der Waals surface area contributed by atoms with E-state index in [1.54, 1.807) is 0 Å². The van der Waals surface area contributed by atoms with Crippen molar-refractivity contribution in [2.24, 2.45) is 17.1 Å². The Balaban J connectivity index is 2.52. The number of hydrogen-bond donors (Lipinski definition) is 1. The largest absolute Gasteiger partial charge is 0.494 e. The second kappa shape index (κ2) is 7.68. The number of rotatable bonds is 7. The summed E-state index contributed by atoms with van der Waals surface area (Å²) in [5, 5.41) is 0. The zero-order valence-corrected chi connectivity index (χ0v) is 13.8. The van der Waals surface area contributed by atoms with Crippen molar-refractivity contribution in [2.75, 3.05) is 6.61 Å². The first-order chi connectivity index (χ1) is 9.31. The van der Waals surface area contributed by atoms with Crippen LogP contribution in [0.2, 0.25) is 0 Å². The Hall–Kier alpha value is -1.02. The molecule has 0 saturated heterocycles. The van der Waals surface area contributed by atoms with Gasteiger partial charge in [-0.15, -0.1) is 0 Å². The van der Waals surface area contributed by atoms with Gasteiger partial charge in [0.25, 0.3) is 0 Å². The molecule has 1 aromatic rings. The van der Waals surface area contributed by atoms with Crippen LogP contribution in [0.3, 0.4) is 0 Å². The molecule has 1 aromatic carbocycles. The molecule has 0 bridgehead atoms. The van der Waals surface area contributed by atoms with Crippen LogP contribution in [0.4, 0.5) is 0 Å². The van der Waals surface area contributed by atoms with Crippen LogP contribution in [0.1, 0.15) is 65.5 Å². The topological polar surface area (TPSA) is 35.2 Å². The third kappa shape index (κ3) is 6.42. The van der Waals surface area contributed by atoms with Crippen molar-refractivity contribution in [1.82, 2.24) is 0 Å². The van der Waals surface area contributed by atoms with Gasteiger partial charge in [0.2, 0.25) is 0 Å². The standard InChI is InChI=1S/C18H31NO/c1-6-11-20-16-9-7-15(8-10-16)17(19)12-14(2)13-18(3,4)5/h7-10,14,17H,6,11-13,19H2,1-5H3. The van der Waals surface area contributed by atoms with Gasteiger partial charge in [0.1, 0.15) is 5.75 Å². The lowest BCUT2D eigenvalue weighted by Crippen LogP contribution is -2.18. The molecule has 1 rings (SSSR count). The van der Waals surface area contributed by atoms with Crippen LogP contribution < -0.4 is 10.5 Å². The molecule has 2 heteroatoms. The molecule has 0 saturated carbocycles. The highest BCUT2D eigenvalue weighted by Crippen LogP contribution is 2.30. The molecule has 0 fully saturated rings.